The number of carbonyl (C=O) groups excluding carboxylic acids is 1. The Morgan fingerprint density at radius 3 is 2.83 bits per heavy atom. The first-order valence-electron chi connectivity index (χ1n) is 3.86. The Balaban J connectivity index is 2.87. The van der Waals surface area contributed by atoms with Crippen LogP contribution in [0.15, 0.2) is 12.5 Å². The second-order valence-corrected chi connectivity index (χ2v) is 2.71. The van der Waals surface area contributed by atoms with Crippen molar-refractivity contribution in [2.45, 2.75) is 26.3 Å². The summed E-state index contributed by atoms with van der Waals surface area (Å²) in [7, 11) is 0. The highest BCUT2D eigenvalue weighted by Gasteiger charge is 2.08. The van der Waals surface area contributed by atoms with Crippen LogP contribution in [0, 0.1) is 6.92 Å². The van der Waals surface area contributed by atoms with Gasteiger partial charge in [-0.1, -0.05) is 6.92 Å². The van der Waals surface area contributed by atoms with Crippen LogP contribution in [0.5, 0.6) is 0 Å². The molecule has 0 saturated carbocycles. The van der Waals surface area contributed by atoms with E-state index in [1.165, 1.54) is 6.33 Å². The maximum absolute atomic E-state index is 10.6. The van der Waals surface area contributed by atoms with Crippen LogP contribution >= 0.6 is 0 Å². The second kappa shape index (κ2) is 3.38. The third-order valence-corrected chi connectivity index (χ3v) is 1.75. The van der Waals surface area contributed by atoms with Crippen LogP contribution < -0.4 is 5.11 Å². The summed E-state index contributed by atoms with van der Waals surface area (Å²) in [6.07, 6.45) is 3.72. The van der Waals surface area contributed by atoms with E-state index in [0.29, 0.717) is 6.42 Å². The first kappa shape index (κ1) is 8.77. The molecule has 4 nitrogen and oxygen atoms in total. The number of aryl methyl sites for hydroxylation is 1. The molecule has 0 bridgehead atoms. The van der Waals surface area contributed by atoms with Crippen molar-refractivity contribution in [2.24, 2.45) is 0 Å². The van der Waals surface area contributed by atoms with E-state index in [2.05, 4.69) is 4.98 Å². The van der Waals surface area contributed by atoms with Gasteiger partial charge in [0, 0.05) is 6.20 Å². The van der Waals surface area contributed by atoms with Gasteiger partial charge in [-0.25, -0.2) is 4.98 Å². The molecule has 0 radical (unpaired) electrons. The molecule has 0 saturated heterocycles. The molecule has 0 fully saturated rings. The van der Waals surface area contributed by atoms with E-state index in [0.717, 1.165) is 5.69 Å². The number of carboxylic acid groups (broad SMARTS) is 1. The summed E-state index contributed by atoms with van der Waals surface area (Å²) in [5.74, 6) is -1.06. The highest BCUT2D eigenvalue weighted by molar-refractivity contribution is 5.69. The number of rotatable bonds is 3. The minimum Gasteiger partial charge on any atom is -0.548 e. The molecule has 1 aromatic rings. The second-order valence-electron chi connectivity index (χ2n) is 2.71. The van der Waals surface area contributed by atoms with Gasteiger partial charge in [-0.05, 0) is 13.3 Å². The summed E-state index contributed by atoms with van der Waals surface area (Å²) in [6, 6.07) is -0.591. The van der Waals surface area contributed by atoms with Crippen molar-refractivity contribution in [1.82, 2.24) is 9.55 Å². The van der Waals surface area contributed by atoms with Crippen LogP contribution in [0.25, 0.3) is 0 Å². The van der Waals surface area contributed by atoms with E-state index in [1.807, 2.05) is 6.92 Å². The van der Waals surface area contributed by atoms with Crippen LogP contribution in [-0.4, -0.2) is 15.5 Å². The molecule has 0 aromatic carbocycles. The Hall–Kier alpha value is -1.32. The van der Waals surface area contributed by atoms with Crippen molar-refractivity contribution in [3.8, 4) is 0 Å². The van der Waals surface area contributed by atoms with Crippen LogP contribution in [0.3, 0.4) is 0 Å². The van der Waals surface area contributed by atoms with E-state index in [9.17, 15) is 9.90 Å². The Morgan fingerprint density at radius 1 is 1.83 bits per heavy atom. The van der Waals surface area contributed by atoms with E-state index in [1.54, 1.807) is 17.7 Å². The molecule has 1 atom stereocenters. The number of hydrogen-bond acceptors (Lipinski definition) is 3. The van der Waals surface area contributed by atoms with Crippen molar-refractivity contribution in [3.05, 3.63) is 18.2 Å². The molecule has 0 aliphatic heterocycles. The molecule has 0 amide bonds. The lowest BCUT2D eigenvalue weighted by Crippen LogP contribution is -2.32. The van der Waals surface area contributed by atoms with Gasteiger partial charge in [-0.2, -0.15) is 0 Å². The van der Waals surface area contributed by atoms with E-state index in [4.69, 9.17) is 0 Å². The van der Waals surface area contributed by atoms with E-state index >= 15 is 0 Å². The average molecular weight is 167 g/mol. The van der Waals surface area contributed by atoms with Crippen molar-refractivity contribution in [1.29, 1.82) is 0 Å². The SMILES string of the molecule is CCC(C(=O)[O-])n1cnc(C)c1. The van der Waals surface area contributed by atoms with Crippen molar-refractivity contribution < 1.29 is 9.90 Å². The van der Waals surface area contributed by atoms with Gasteiger partial charge in [0.25, 0.3) is 0 Å². The first-order valence-corrected chi connectivity index (χ1v) is 3.86. The molecule has 0 aliphatic rings. The van der Waals surface area contributed by atoms with Crippen molar-refractivity contribution in [2.75, 3.05) is 0 Å². The number of aliphatic carboxylic acids is 1. The lowest BCUT2D eigenvalue weighted by molar-refractivity contribution is -0.310. The lowest BCUT2D eigenvalue weighted by Gasteiger charge is -2.16. The number of nitrogens with zero attached hydrogens (tertiary/aromatic N) is 2. The Labute approximate surface area is 70.9 Å². The molecular formula is C8H11N2O2-. The van der Waals surface area contributed by atoms with Gasteiger partial charge in [-0.3, -0.25) is 0 Å². The standard InChI is InChI=1S/C8H12N2O2/c1-3-7(8(11)12)10-4-6(2)9-5-10/h4-5,7H,3H2,1-2H3,(H,11,12)/p-1. The minimum absolute atomic E-state index is 0.512. The maximum atomic E-state index is 10.6. The third-order valence-electron chi connectivity index (χ3n) is 1.75. The molecule has 1 unspecified atom stereocenters. The van der Waals surface area contributed by atoms with Gasteiger partial charge >= 0.3 is 0 Å². The molecule has 66 valence electrons. The minimum atomic E-state index is -1.06. The number of carbonyl (C=O) groups is 1. The zero-order valence-electron chi connectivity index (χ0n) is 7.15. The number of imidazole rings is 1. The van der Waals surface area contributed by atoms with E-state index in [-0.39, 0.29) is 0 Å². The summed E-state index contributed by atoms with van der Waals surface area (Å²) < 4.78 is 1.56. The topological polar surface area (TPSA) is 57.9 Å². The van der Waals surface area contributed by atoms with Crippen LogP contribution in [0.1, 0.15) is 25.1 Å². The van der Waals surface area contributed by atoms with Gasteiger partial charge < -0.3 is 14.5 Å². The average Bonchev–Trinajstić information content (AvgIpc) is 2.37. The molecule has 0 aliphatic carbocycles. The lowest BCUT2D eigenvalue weighted by atomic mass is 10.2. The molecule has 4 heteroatoms. The molecule has 1 aromatic heterocycles. The monoisotopic (exact) mass is 167 g/mol. The summed E-state index contributed by atoms with van der Waals surface area (Å²) in [5, 5.41) is 10.6. The predicted octanol–water partition coefficient (Wildman–Crippen LogP) is -0.107. The molecule has 0 N–H and O–H groups in total. The largest absolute Gasteiger partial charge is 0.548 e. The summed E-state index contributed by atoms with van der Waals surface area (Å²) >= 11 is 0. The zero-order chi connectivity index (χ0) is 9.14. The molecule has 1 heterocycles. The summed E-state index contributed by atoms with van der Waals surface area (Å²) in [6.45, 7) is 3.62. The Kier molecular flexibility index (Phi) is 2.47. The van der Waals surface area contributed by atoms with Crippen LogP contribution in [0.2, 0.25) is 0 Å². The van der Waals surface area contributed by atoms with Crippen LogP contribution in [-0.2, 0) is 4.79 Å². The van der Waals surface area contributed by atoms with Gasteiger partial charge in [0.2, 0.25) is 0 Å². The Morgan fingerprint density at radius 2 is 2.50 bits per heavy atom. The molecule has 0 spiro atoms. The zero-order valence-corrected chi connectivity index (χ0v) is 7.15. The fourth-order valence-electron chi connectivity index (χ4n) is 1.11. The third kappa shape index (κ3) is 1.64. The highest BCUT2D eigenvalue weighted by atomic mass is 16.4. The van der Waals surface area contributed by atoms with Gasteiger partial charge in [-0.15, -0.1) is 0 Å². The van der Waals surface area contributed by atoms with Crippen molar-refractivity contribution in [3.63, 3.8) is 0 Å². The molecular weight excluding hydrogens is 156 g/mol. The van der Waals surface area contributed by atoms with Crippen molar-refractivity contribution >= 4 is 5.97 Å². The maximum Gasteiger partial charge on any atom is 0.0955 e. The quantitative estimate of drug-likeness (QED) is 0.631. The highest BCUT2D eigenvalue weighted by Crippen LogP contribution is 2.10. The molecule has 12 heavy (non-hydrogen) atoms. The smallest absolute Gasteiger partial charge is 0.0955 e. The number of aromatic nitrogens is 2. The summed E-state index contributed by atoms with van der Waals surface area (Å²) in [4.78, 5) is 14.5. The van der Waals surface area contributed by atoms with Gasteiger partial charge in [0.15, 0.2) is 0 Å². The number of hydrogen-bond donors (Lipinski definition) is 0. The fourth-order valence-corrected chi connectivity index (χ4v) is 1.11. The normalized spacial score (nSPS) is 12.8. The predicted molar refractivity (Wildman–Crippen MR) is 41.3 cm³/mol. The van der Waals surface area contributed by atoms with Gasteiger partial charge in [0.05, 0.1) is 24.0 Å². The summed E-state index contributed by atoms with van der Waals surface area (Å²) in [5.41, 5.74) is 0.815. The fraction of sp³-hybridized carbons (Fsp3) is 0.500. The van der Waals surface area contributed by atoms with E-state index < -0.39 is 12.0 Å². The van der Waals surface area contributed by atoms with Gasteiger partial charge in [0.1, 0.15) is 0 Å². The molecule has 1 rings (SSSR count). The number of carboxylic acids is 1. The Bertz CT molecular complexity index is 280. The first-order chi connectivity index (χ1) is 5.65. The van der Waals surface area contributed by atoms with Crippen LogP contribution in [0.4, 0.5) is 0 Å².